The minimum absolute atomic E-state index is 0.303. The van der Waals surface area contributed by atoms with Crippen LogP contribution in [0.2, 0.25) is 0 Å². The number of allylic oxidation sites excluding steroid dienone is 8. The molecule has 0 spiro atoms. The van der Waals surface area contributed by atoms with Crippen LogP contribution in [0.4, 0.5) is 0 Å². The van der Waals surface area contributed by atoms with E-state index >= 15 is 0 Å². The molecular weight excluding hydrogens is 254 g/mol. The van der Waals surface area contributed by atoms with Gasteiger partial charge in [0.25, 0.3) is 0 Å². The summed E-state index contributed by atoms with van der Waals surface area (Å²) in [5.74, 6) is 0. The molecule has 116 valence electrons. The number of rotatable bonds is 10. The molecule has 0 aliphatic rings. The van der Waals surface area contributed by atoms with Crippen molar-refractivity contribution in [2.75, 3.05) is 0 Å². The van der Waals surface area contributed by atoms with Gasteiger partial charge >= 0.3 is 0 Å². The molecule has 0 aromatic carbocycles. The van der Waals surface area contributed by atoms with Crippen LogP contribution in [0, 0.1) is 0 Å². The Kier molecular flexibility index (Phi) is 11.0. The Morgan fingerprint density at radius 1 is 1.19 bits per heavy atom. The normalized spacial score (nSPS) is 14.2. The topological polar surface area (TPSA) is 3.24 Å². The van der Waals surface area contributed by atoms with Crippen molar-refractivity contribution in [3.05, 3.63) is 73.2 Å². The number of hydrogen-bond donors (Lipinski definition) is 0. The van der Waals surface area contributed by atoms with Gasteiger partial charge in [0.15, 0.2) is 0 Å². The van der Waals surface area contributed by atoms with Gasteiger partial charge in [-0.2, -0.15) is 0 Å². The van der Waals surface area contributed by atoms with Gasteiger partial charge in [-0.1, -0.05) is 56.0 Å². The third-order valence-corrected chi connectivity index (χ3v) is 3.22. The zero-order valence-electron chi connectivity index (χ0n) is 14.2. The molecule has 0 N–H and O–H groups in total. The molecule has 21 heavy (non-hydrogen) atoms. The zero-order valence-corrected chi connectivity index (χ0v) is 14.2. The van der Waals surface area contributed by atoms with Crippen molar-refractivity contribution >= 4 is 0 Å². The van der Waals surface area contributed by atoms with Crippen molar-refractivity contribution < 1.29 is 0 Å². The molecule has 0 radical (unpaired) electrons. The third kappa shape index (κ3) is 7.55. The van der Waals surface area contributed by atoms with E-state index in [0.29, 0.717) is 6.04 Å². The van der Waals surface area contributed by atoms with Gasteiger partial charge in [-0.25, -0.2) is 0 Å². The zero-order chi connectivity index (χ0) is 16.1. The molecule has 0 amide bonds. The summed E-state index contributed by atoms with van der Waals surface area (Å²) in [5, 5.41) is 0. The van der Waals surface area contributed by atoms with Crippen molar-refractivity contribution in [3.8, 4) is 0 Å². The largest absolute Gasteiger partial charge is 0.342 e. The Balaban J connectivity index is 5.30. The van der Waals surface area contributed by atoms with Gasteiger partial charge in [-0.05, 0) is 39.7 Å². The van der Waals surface area contributed by atoms with Crippen LogP contribution in [0.15, 0.2) is 73.2 Å². The van der Waals surface area contributed by atoms with Crippen LogP contribution < -0.4 is 0 Å². The summed E-state index contributed by atoms with van der Waals surface area (Å²) in [7, 11) is 0. The van der Waals surface area contributed by atoms with Crippen LogP contribution in [0.25, 0.3) is 0 Å². The maximum atomic E-state index is 4.22. The molecule has 0 aromatic rings. The standard InChI is InChI=1S/C20H31N/c1-7-11-12-13-14-17-20(16-9-3)21(18(5)10-4)19(6)15-8-2/h7-9,11,13-15,17,19H,3,5,10,12,16H2,1-2,4,6H3/b11-7-,14-13-,15-8+,20-17+. The van der Waals surface area contributed by atoms with Crippen LogP contribution in [0.5, 0.6) is 0 Å². The highest BCUT2D eigenvalue weighted by Gasteiger charge is 2.15. The van der Waals surface area contributed by atoms with Gasteiger partial charge in [0.2, 0.25) is 0 Å². The highest BCUT2D eigenvalue weighted by Crippen LogP contribution is 2.22. The molecule has 1 atom stereocenters. The maximum absolute atomic E-state index is 4.22. The van der Waals surface area contributed by atoms with Gasteiger partial charge in [-0.3, -0.25) is 0 Å². The van der Waals surface area contributed by atoms with Crippen LogP contribution in [-0.2, 0) is 0 Å². The Labute approximate surface area is 131 Å². The lowest BCUT2D eigenvalue weighted by Gasteiger charge is -2.33. The van der Waals surface area contributed by atoms with Crippen molar-refractivity contribution in [2.45, 2.75) is 53.0 Å². The number of hydrogen-bond acceptors (Lipinski definition) is 1. The molecule has 0 aromatic heterocycles. The maximum Gasteiger partial charge on any atom is 0.0487 e. The van der Waals surface area contributed by atoms with E-state index in [2.05, 4.69) is 81.4 Å². The summed E-state index contributed by atoms with van der Waals surface area (Å²) in [4.78, 5) is 2.31. The Bertz CT molecular complexity index is 421. The number of nitrogens with zero attached hydrogens (tertiary/aromatic N) is 1. The van der Waals surface area contributed by atoms with Crippen LogP contribution >= 0.6 is 0 Å². The summed E-state index contributed by atoms with van der Waals surface area (Å²) >= 11 is 0. The van der Waals surface area contributed by atoms with Crippen molar-refractivity contribution in [3.63, 3.8) is 0 Å². The third-order valence-electron chi connectivity index (χ3n) is 3.22. The van der Waals surface area contributed by atoms with Crippen LogP contribution in [0.3, 0.4) is 0 Å². The Hall–Kier alpha value is -1.76. The van der Waals surface area contributed by atoms with E-state index in [9.17, 15) is 0 Å². The van der Waals surface area contributed by atoms with E-state index in [0.717, 1.165) is 25.0 Å². The fourth-order valence-electron chi connectivity index (χ4n) is 2.15. The van der Waals surface area contributed by atoms with Crippen molar-refractivity contribution in [1.29, 1.82) is 0 Å². The average Bonchev–Trinajstić information content (AvgIpc) is 2.47. The van der Waals surface area contributed by atoms with E-state index in [1.807, 2.05) is 13.0 Å². The van der Waals surface area contributed by atoms with Gasteiger partial charge in [0.1, 0.15) is 0 Å². The summed E-state index contributed by atoms with van der Waals surface area (Å²) in [5.41, 5.74) is 2.37. The lowest BCUT2D eigenvalue weighted by atomic mass is 10.1. The molecule has 0 saturated heterocycles. The van der Waals surface area contributed by atoms with E-state index in [-0.39, 0.29) is 0 Å². The minimum atomic E-state index is 0.303. The lowest BCUT2D eigenvalue weighted by Crippen LogP contribution is -2.29. The van der Waals surface area contributed by atoms with E-state index in [1.54, 1.807) is 0 Å². The Morgan fingerprint density at radius 2 is 1.90 bits per heavy atom. The van der Waals surface area contributed by atoms with Gasteiger partial charge < -0.3 is 4.90 Å². The minimum Gasteiger partial charge on any atom is -0.342 e. The second kappa shape index (κ2) is 12.0. The SMILES string of the molecule is C=CC/C(=C\C=C/C/C=C\C)N(C(=C)CC)C(C)/C=C/C. The average molecular weight is 285 g/mol. The first-order valence-electron chi connectivity index (χ1n) is 7.79. The molecule has 0 bridgehead atoms. The quantitative estimate of drug-likeness (QED) is 0.343. The van der Waals surface area contributed by atoms with E-state index in [4.69, 9.17) is 0 Å². The summed E-state index contributed by atoms with van der Waals surface area (Å²) in [6.07, 6.45) is 19.7. The fraction of sp³-hybridized carbons (Fsp3) is 0.400. The highest BCUT2D eigenvalue weighted by molar-refractivity contribution is 5.21. The predicted octanol–water partition coefficient (Wildman–Crippen LogP) is 6.16. The molecule has 0 aliphatic heterocycles. The first kappa shape index (κ1) is 19.2. The molecule has 0 saturated carbocycles. The van der Waals surface area contributed by atoms with Gasteiger partial charge in [0.05, 0.1) is 0 Å². The fourth-order valence-corrected chi connectivity index (χ4v) is 2.15. The Morgan fingerprint density at radius 3 is 2.43 bits per heavy atom. The molecule has 0 rings (SSSR count). The first-order chi connectivity index (χ1) is 10.1. The lowest BCUT2D eigenvalue weighted by molar-refractivity contribution is 0.367. The molecule has 0 fully saturated rings. The molecule has 1 nitrogen and oxygen atoms in total. The van der Waals surface area contributed by atoms with Crippen molar-refractivity contribution in [1.82, 2.24) is 4.90 Å². The molecular formula is C20H31N. The first-order valence-corrected chi connectivity index (χ1v) is 7.79. The monoisotopic (exact) mass is 285 g/mol. The second-order valence-corrected chi connectivity index (χ2v) is 4.94. The predicted molar refractivity (Wildman–Crippen MR) is 97.0 cm³/mol. The summed E-state index contributed by atoms with van der Waals surface area (Å²) in [6, 6.07) is 0.303. The highest BCUT2D eigenvalue weighted by atomic mass is 15.2. The van der Waals surface area contributed by atoms with Crippen LogP contribution in [0.1, 0.15) is 47.0 Å². The summed E-state index contributed by atoms with van der Waals surface area (Å²) in [6.45, 7) is 16.5. The molecule has 1 heteroatoms. The van der Waals surface area contributed by atoms with E-state index in [1.165, 1.54) is 5.70 Å². The molecule has 0 heterocycles. The van der Waals surface area contributed by atoms with Gasteiger partial charge in [0, 0.05) is 23.9 Å². The van der Waals surface area contributed by atoms with Crippen LogP contribution in [-0.4, -0.2) is 10.9 Å². The molecule has 0 aliphatic carbocycles. The summed E-state index contributed by atoms with van der Waals surface area (Å²) < 4.78 is 0. The smallest absolute Gasteiger partial charge is 0.0487 e. The van der Waals surface area contributed by atoms with Crippen molar-refractivity contribution in [2.24, 2.45) is 0 Å². The van der Waals surface area contributed by atoms with E-state index < -0.39 is 0 Å². The van der Waals surface area contributed by atoms with Gasteiger partial charge in [-0.15, -0.1) is 6.58 Å². The second-order valence-electron chi connectivity index (χ2n) is 4.94. The molecule has 1 unspecified atom stereocenters.